The first-order chi connectivity index (χ1) is 12.3. The van der Waals surface area contributed by atoms with Crippen LogP contribution in [0.4, 0.5) is 11.4 Å². The zero-order chi connectivity index (χ0) is 18.9. The second-order valence-corrected chi connectivity index (χ2v) is 7.91. The van der Waals surface area contributed by atoms with Crippen molar-refractivity contribution in [1.82, 2.24) is 0 Å². The molecular formula is C22H26N2O2. The summed E-state index contributed by atoms with van der Waals surface area (Å²) in [6.07, 6.45) is 0.258. The van der Waals surface area contributed by atoms with Crippen LogP contribution in [0.1, 0.15) is 32.8 Å². The van der Waals surface area contributed by atoms with Gasteiger partial charge in [-0.2, -0.15) is 0 Å². The van der Waals surface area contributed by atoms with E-state index in [1.165, 1.54) is 0 Å². The van der Waals surface area contributed by atoms with E-state index in [1.807, 2.05) is 48.5 Å². The Morgan fingerprint density at radius 2 is 1.65 bits per heavy atom. The molecule has 0 saturated carbocycles. The standard InChI is InChI=1S/C22H26N2O2/c1-22(2,3)18-12-8-9-13-19(18)24-15-16(14-20(24)25)21(26)23(4)17-10-6-5-7-11-17/h5-13,16H,14-15H2,1-4H3. The van der Waals surface area contributed by atoms with Crippen LogP contribution in [0.15, 0.2) is 54.6 Å². The predicted octanol–water partition coefficient (Wildman–Crippen LogP) is 4.00. The molecule has 26 heavy (non-hydrogen) atoms. The summed E-state index contributed by atoms with van der Waals surface area (Å²) in [5, 5.41) is 0. The third-order valence-corrected chi connectivity index (χ3v) is 4.95. The fraction of sp³-hybridized carbons (Fsp3) is 0.364. The summed E-state index contributed by atoms with van der Waals surface area (Å²) < 4.78 is 0. The highest BCUT2D eigenvalue weighted by atomic mass is 16.2. The fourth-order valence-electron chi connectivity index (χ4n) is 3.50. The molecule has 0 spiro atoms. The van der Waals surface area contributed by atoms with Gasteiger partial charge >= 0.3 is 0 Å². The van der Waals surface area contributed by atoms with Gasteiger partial charge in [0.25, 0.3) is 0 Å². The molecule has 0 bridgehead atoms. The number of hydrogen-bond acceptors (Lipinski definition) is 2. The number of carbonyl (C=O) groups is 2. The molecule has 0 aromatic heterocycles. The number of hydrogen-bond donors (Lipinski definition) is 0. The molecule has 136 valence electrons. The van der Waals surface area contributed by atoms with Crippen LogP contribution in [0.25, 0.3) is 0 Å². The summed E-state index contributed by atoms with van der Waals surface area (Å²) in [5.74, 6) is -0.317. The topological polar surface area (TPSA) is 40.6 Å². The van der Waals surface area contributed by atoms with Crippen molar-refractivity contribution in [3.8, 4) is 0 Å². The number of nitrogens with zero attached hydrogens (tertiary/aromatic N) is 2. The van der Waals surface area contributed by atoms with Crippen LogP contribution in [0, 0.1) is 5.92 Å². The van der Waals surface area contributed by atoms with E-state index < -0.39 is 0 Å². The molecule has 1 unspecified atom stereocenters. The Kier molecular flexibility index (Phi) is 4.86. The van der Waals surface area contributed by atoms with E-state index in [-0.39, 0.29) is 29.6 Å². The van der Waals surface area contributed by atoms with Crippen molar-refractivity contribution in [2.45, 2.75) is 32.6 Å². The lowest BCUT2D eigenvalue weighted by molar-refractivity contribution is -0.124. The predicted molar refractivity (Wildman–Crippen MR) is 105 cm³/mol. The van der Waals surface area contributed by atoms with Crippen LogP contribution in [0.2, 0.25) is 0 Å². The molecule has 1 aliphatic rings. The molecule has 2 aromatic rings. The molecule has 1 fully saturated rings. The summed E-state index contributed by atoms with van der Waals surface area (Å²) in [7, 11) is 1.77. The molecule has 1 saturated heterocycles. The summed E-state index contributed by atoms with van der Waals surface area (Å²) >= 11 is 0. The lowest BCUT2D eigenvalue weighted by Gasteiger charge is -2.28. The quantitative estimate of drug-likeness (QED) is 0.839. The SMILES string of the molecule is CN(C(=O)C1CC(=O)N(c2ccccc2C(C)(C)C)C1)c1ccccc1. The van der Waals surface area contributed by atoms with Gasteiger partial charge in [-0.1, -0.05) is 57.2 Å². The molecule has 1 atom stereocenters. The molecule has 2 aromatic carbocycles. The van der Waals surface area contributed by atoms with Crippen LogP contribution in [-0.4, -0.2) is 25.4 Å². The summed E-state index contributed by atoms with van der Waals surface area (Å²) in [5.41, 5.74) is 2.82. The maximum Gasteiger partial charge on any atom is 0.232 e. The van der Waals surface area contributed by atoms with E-state index >= 15 is 0 Å². The molecule has 1 aliphatic heterocycles. The average molecular weight is 350 g/mol. The number of para-hydroxylation sites is 2. The molecule has 1 heterocycles. The van der Waals surface area contributed by atoms with Crippen molar-refractivity contribution in [3.05, 3.63) is 60.2 Å². The zero-order valence-electron chi connectivity index (χ0n) is 15.9. The van der Waals surface area contributed by atoms with Crippen molar-refractivity contribution >= 4 is 23.2 Å². The third kappa shape index (κ3) is 3.50. The highest BCUT2D eigenvalue weighted by Crippen LogP contribution is 2.35. The Bertz CT molecular complexity index is 808. The maximum atomic E-state index is 12.9. The van der Waals surface area contributed by atoms with Crippen molar-refractivity contribution in [3.63, 3.8) is 0 Å². The molecule has 0 N–H and O–H groups in total. The van der Waals surface area contributed by atoms with Gasteiger partial charge < -0.3 is 9.80 Å². The van der Waals surface area contributed by atoms with Gasteiger partial charge in [-0.15, -0.1) is 0 Å². The minimum atomic E-state index is -0.319. The summed E-state index contributed by atoms with van der Waals surface area (Å²) in [4.78, 5) is 29.0. The van der Waals surface area contributed by atoms with Gasteiger partial charge in [0, 0.05) is 31.4 Å². The van der Waals surface area contributed by atoms with E-state index in [1.54, 1.807) is 16.8 Å². The number of benzene rings is 2. The number of carbonyl (C=O) groups excluding carboxylic acids is 2. The van der Waals surface area contributed by atoms with Crippen LogP contribution >= 0.6 is 0 Å². The van der Waals surface area contributed by atoms with Crippen molar-refractivity contribution in [1.29, 1.82) is 0 Å². The smallest absolute Gasteiger partial charge is 0.232 e. The largest absolute Gasteiger partial charge is 0.315 e. The van der Waals surface area contributed by atoms with Crippen LogP contribution in [0.3, 0.4) is 0 Å². The zero-order valence-corrected chi connectivity index (χ0v) is 15.9. The summed E-state index contributed by atoms with van der Waals surface area (Å²) in [6.45, 7) is 6.84. The number of rotatable bonds is 3. The van der Waals surface area contributed by atoms with E-state index in [0.717, 1.165) is 16.9 Å². The second kappa shape index (κ2) is 6.94. The Morgan fingerprint density at radius 1 is 1.04 bits per heavy atom. The Morgan fingerprint density at radius 3 is 2.31 bits per heavy atom. The third-order valence-electron chi connectivity index (χ3n) is 4.95. The average Bonchev–Trinajstić information content (AvgIpc) is 3.02. The molecule has 4 nitrogen and oxygen atoms in total. The molecule has 3 rings (SSSR count). The lowest BCUT2D eigenvalue weighted by atomic mass is 9.85. The van der Waals surface area contributed by atoms with Gasteiger partial charge in [0.1, 0.15) is 0 Å². The van der Waals surface area contributed by atoms with E-state index in [9.17, 15) is 9.59 Å². The highest BCUT2D eigenvalue weighted by Gasteiger charge is 2.38. The highest BCUT2D eigenvalue weighted by molar-refractivity contribution is 6.04. The van der Waals surface area contributed by atoms with E-state index in [4.69, 9.17) is 0 Å². The Labute approximate surface area is 155 Å². The van der Waals surface area contributed by atoms with Crippen molar-refractivity contribution in [2.75, 3.05) is 23.4 Å². The summed E-state index contributed by atoms with van der Waals surface area (Å²) in [6, 6.07) is 17.5. The van der Waals surface area contributed by atoms with E-state index in [2.05, 4.69) is 26.8 Å². The first-order valence-electron chi connectivity index (χ1n) is 9.01. The molecule has 2 amide bonds. The van der Waals surface area contributed by atoms with Crippen LogP contribution < -0.4 is 9.80 Å². The van der Waals surface area contributed by atoms with Gasteiger partial charge in [0.05, 0.1) is 5.92 Å². The molecular weight excluding hydrogens is 324 g/mol. The lowest BCUT2D eigenvalue weighted by Crippen LogP contribution is -2.35. The van der Waals surface area contributed by atoms with Gasteiger partial charge in [-0.05, 0) is 29.2 Å². The number of anilines is 2. The van der Waals surface area contributed by atoms with Crippen LogP contribution in [-0.2, 0) is 15.0 Å². The number of amides is 2. The van der Waals surface area contributed by atoms with Gasteiger partial charge in [-0.3, -0.25) is 9.59 Å². The first-order valence-corrected chi connectivity index (χ1v) is 9.01. The monoisotopic (exact) mass is 350 g/mol. The second-order valence-electron chi connectivity index (χ2n) is 7.91. The first kappa shape index (κ1) is 18.2. The van der Waals surface area contributed by atoms with Crippen LogP contribution in [0.5, 0.6) is 0 Å². The van der Waals surface area contributed by atoms with Gasteiger partial charge in [-0.25, -0.2) is 0 Å². The Hall–Kier alpha value is -2.62. The van der Waals surface area contributed by atoms with E-state index in [0.29, 0.717) is 6.54 Å². The Balaban J connectivity index is 1.83. The minimum absolute atomic E-state index is 0.0136. The van der Waals surface area contributed by atoms with Gasteiger partial charge in [0.2, 0.25) is 11.8 Å². The molecule has 0 aliphatic carbocycles. The molecule has 0 radical (unpaired) electrons. The normalized spacial score (nSPS) is 17.5. The minimum Gasteiger partial charge on any atom is -0.315 e. The van der Waals surface area contributed by atoms with Crippen molar-refractivity contribution < 1.29 is 9.59 Å². The fourth-order valence-corrected chi connectivity index (χ4v) is 3.50. The van der Waals surface area contributed by atoms with Crippen molar-refractivity contribution in [2.24, 2.45) is 5.92 Å². The molecule has 4 heteroatoms. The van der Waals surface area contributed by atoms with Gasteiger partial charge in [0.15, 0.2) is 0 Å². The maximum absolute atomic E-state index is 12.9.